The van der Waals surface area contributed by atoms with Crippen LogP contribution in [0.3, 0.4) is 0 Å². The van der Waals surface area contributed by atoms with Crippen LogP contribution in [-0.2, 0) is 0 Å². The van der Waals surface area contributed by atoms with Crippen molar-refractivity contribution in [1.29, 1.82) is 0 Å². The van der Waals surface area contributed by atoms with E-state index in [2.05, 4.69) is 31.8 Å². The van der Waals surface area contributed by atoms with Crippen LogP contribution in [0, 0.1) is 6.92 Å². The highest BCUT2D eigenvalue weighted by Gasteiger charge is 2.46. The van der Waals surface area contributed by atoms with Gasteiger partial charge in [-0.25, -0.2) is 0 Å². The van der Waals surface area contributed by atoms with Crippen LogP contribution < -0.4 is 9.80 Å². The summed E-state index contributed by atoms with van der Waals surface area (Å²) in [5, 5.41) is 21.0. The Kier molecular flexibility index (Phi) is 4.11. The van der Waals surface area contributed by atoms with Gasteiger partial charge in [0.25, 0.3) is 5.82 Å². The summed E-state index contributed by atoms with van der Waals surface area (Å²) in [6, 6.07) is 6.58. The second-order valence-electron chi connectivity index (χ2n) is 7.67. The van der Waals surface area contributed by atoms with Crippen molar-refractivity contribution < 1.29 is 0 Å². The average molecular weight is 385 g/mol. The highest BCUT2D eigenvalue weighted by Crippen LogP contribution is 2.37. The molecule has 0 spiro atoms. The third-order valence-electron chi connectivity index (χ3n) is 6.16. The number of piperazine rings is 1. The van der Waals surface area contributed by atoms with E-state index < -0.39 is 0 Å². The number of nitrogens with zero attached hydrogens (tertiary/aromatic N) is 5. The topological polar surface area (TPSA) is 79.4 Å². The van der Waals surface area contributed by atoms with Gasteiger partial charge in [-0.2, -0.15) is 10.1 Å². The first kappa shape index (κ1) is 17.0. The molecule has 2 unspecified atom stereocenters. The number of aryl methyl sites for hydroxylation is 1. The van der Waals surface area contributed by atoms with Gasteiger partial charge in [0.15, 0.2) is 5.82 Å². The zero-order chi connectivity index (χ0) is 18.4. The molecule has 0 bridgehead atoms. The lowest BCUT2D eigenvalue weighted by molar-refractivity contribution is 0.120. The van der Waals surface area contributed by atoms with E-state index in [1.165, 1.54) is 19.3 Å². The maximum atomic E-state index is 6.55. The molecule has 8 heteroatoms. The van der Waals surface area contributed by atoms with Gasteiger partial charge >= 0.3 is 0 Å². The number of H-pyrrole nitrogens is 1. The molecule has 7 nitrogen and oxygen atoms in total. The number of quaternary nitrogens is 1. The van der Waals surface area contributed by atoms with Gasteiger partial charge in [0.05, 0.1) is 18.6 Å². The molecule has 2 saturated heterocycles. The summed E-state index contributed by atoms with van der Waals surface area (Å²) in [7, 11) is 0. The van der Waals surface area contributed by atoms with Crippen molar-refractivity contribution in [3.63, 3.8) is 0 Å². The van der Waals surface area contributed by atoms with Gasteiger partial charge in [-0.05, 0) is 38.0 Å². The molecule has 140 valence electrons. The van der Waals surface area contributed by atoms with Crippen molar-refractivity contribution in [2.75, 3.05) is 26.2 Å². The number of aromatic amines is 1. The number of nitrogens with one attached hydrogen (secondary N) is 2. The van der Waals surface area contributed by atoms with Crippen molar-refractivity contribution in [3.8, 4) is 11.4 Å². The summed E-state index contributed by atoms with van der Waals surface area (Å²) in [6.45, 7) is 6.08. The number of hydrogen-bond donors (Lipinski definition) is 2. The minimum atomic E-state index is 0.438. The van der Waals surface area contributed by atoms with Crippen molar-refractivity contribution in [2.24, 2.45) is 0 Å². The van der Waals surface area contributed by atoms with E-state index in [9.17, 15) is 0 Å². The summed E-state index contributed by atoms with van der Waals surface area (Å²) in [6.07, 6.45) is 3.67. The van der Waals surface area contributed by atoms with Crippen molar-refractivity contribution in [3.05, 3.63) is 29.0 Å². The Morgan fingerprint density at radius 3 is 3.04 bits per heavy atom. The largest absolute Gasteiger partial charge is 0.306 e. The highest BCUT2D eigenvalue weighted by molar-refractivity contribution is 6.31. The molecule has 2 aromatic heterocycles. The smallest absolute Gasteiger partial charge is 0.270 e. The van der Waals surface area contributed by atoms with E-state index in [0.29, 0.717) is 17.0 Å². The predicted molar refractivity (Wildman–Crippen MR) is 107 cm³/mol. The van der Waals surface area contributed by atoms with Crippen LogP contribution in [-0.4, -0.2) is 57.6 Å². The van der Waals surface area contributed by atoms with Gasteiger partial charge in [-0.15, -0.1) is 10.2 Å². The second-order valence-corrected chi connectivity index (χ2v) is 8.02. The van der Waals surface area contributed by atoms with Crippen LogP contribution in [0.1, 0.15) is 25.0 Å². The SMILES string of the molecule is Cc1[nH]nc2ccc(-c3nnc(Cl)c([N+]45CCCCC4CNCC5)n3)cc12. The zero-order valence-corrected chi connectivity index (χ0v) is 16.1. The van der Waals surface area contributed by atoms with Gasteiger partial charge in [-0.3, -0.25) is 9.58 Å². The van der Waals surface area contributed by atoms with E-state index in [-0.39, 0.29) is 0 Å². The fraction of sp³-hybridized carbons (Fsp3) is 0.474. The quantitative estimate of drug-likeness (QED) is 0.664. The maximum Gasteiger partial charge on any atom is 0.270 e. The number of hydrogen-bond acceptors (Lipinski definition) is 5. The van der Waals surface area contributed by atoms with Crippen LogP contribution in [0.2, 0.25) is 5.15 Å². The van der Waals surface area contributed by atoms with Crippen molar-refractivity contribution >= 4 is 28.3 Å². The maximum absolute atomic E-state index is 6.55. The monoisotopic (exact) mass is 384 g/mol. The van der Waals surface area contributed by atoms with Crippen molar-refractivity contribution in [2.45, 2.75) is 32.2 Å². The molecule has 2 fully saturated rings. The minimum Gasteiger partial charge on any atom is -0.306 e. The minimum absolute atomic E-state index is 0.438. The van der Waals surface area contributed by atoms with Crippen LogP contribution in [0.25, 0.3) is 22.3 Å². The van der Waals surface area contributed by atoms with E-state index >= 15 is 0 Å². The highest BCUT2D eigenvalue weighted by atomic mass is 35.5. The number of rotatable bonds is 2. The Bertz CT molecular complexity index is 987. The number of halogens is 1. The third-order valence-corrected chi connectivity index (χ3v) is 6.41. The Morgan fingerprint density at radius 1 is 1.19 bits per heavy atom. The van der Waals surface area contributed by atoms with Crippen LogP contribution in [0.4, 0.5) is 5.82 Å². The Hall–Kier alpha value is -2.09. The van der Waals surface area contributed by atoms with Gasteiger partial charge in [0.2, 0.25) is 5.15 Å². The molecule has 5 rings (SSSR count). The summed E-state index contributed by atoms with van der Waals surface area (Å²) in [5.74, 6) is 1.52. The lowest BCUT2D eigenvalue weighted by Gasteiger charge is -2.49. The summed E-state index contributed by atoms with van der Waals surface area (Å²) < 4.78 is 0.835. The van der Waals surface area contributed by atoms with E-state index in [1.807, 2.05) is 19.1 Å². The normalized spacial score (nSPS) is 25.5. The number of benzene rings is 1. The molecule has 0 amide bonds. The van der Waals surface area contributed by atoms with Crippen LogP contribution in [0.5, 0.6) is 0 Å². The first-order valence-corrected chi connectivity index (χ1v) is 9.98. The average Bonchev–Trinajstić information content (AvgIpc) is 3.08. The fourth-order valence-corrected chi connectivity index (χ4v) is 4.94. The van der Waals surface area contributed by atoms with Crippen LogP contribution >= 0.6 is 11.6 Å². The third kappa shape index (κ3) is 2.72. The molecule has 27 heavy (non-hydrogen) atoms. The standard InChI is InChI=1S/C19H23ClN7/c1-12-15-10-13(5-6-16(15)24-23-12)18-22-19(17(20)25-26-18)27-8-3-2-4-14(27)11-21-7-9-27/h5-6,10,14,21H,2-4,7-9,11H2,1H3,(H,23,24)/q+1. The molecule has 2 atom stereocenters. The summed E-state index contributed by atoms with van der Waals surface area (Å²) in [4.78, 5) is 4.97. The fourth-order valence-electron chi connectivity index (χ4n) is 4.69. The second kappa shape index (κ2) is 6.51. The molecule has 2 N–H and O–H groups in total. The molecule has 1 aromatic carbocycles. The van der Waals surface area contributed by atoms with Crippen LogP contribution in [0.15, 0.2) is 18.2 Å². The summed E-state index contributed by atoms with van der Waals surface area (Å²) in [5.41, 5.74) is 2.92. The molecule has 0 aliphatic carbocycles. The number of piperidine rings is 1. The lowest BCUT2D eigenvalue weighted by Crippen LogP contribution is -2.68. The molecule has 2 aliphatic heterocycles. The van der Waals surface area contributed by atoms with Gasteiger partial charge < -0.3 is 5.32 Å². The zero-order valence-electron chi connectivity index (χ0n) is 15.4. The van der Waals surface area contributed by atoms with Gasteiger partial charge in [-0.1, -0.05) is 11.6 Å². The molecule has 2 aliphatic rings. The van der Waals surface area contributed by atoms with Gasteiger partial charge in [0.1, 0.15) is 6.04 Å². The molecule has 3 aromatic rings. The Balaban J connectivity index is 1.62. The van der Waals surface area contributed by atoms with Gasteiger partial charge in [0, 0.05) is 36.2 Å². The van der Waals surface area contributed by atoms with E-state index in [4.69, 9.17) is 16.6 Å². The molecular formula is C19H23ClN7+. The van der Waals surface area contributed by atoms with E-state index in [1.54, 1.807) is 0 Å². The lowest BCUT2D eigenvalue weighted by atomic mass is 9.96. The number of fused-ring (bicyclic) bond motifs is 2. The summed E-state index contributed by atoms with van der Waals surface area (Å²) >= 11 is 6.55. The molecular weight excluding hydrogens is 362 g/mol. The predicted octanol–water partition coefficient (Wildman–Crippen LogP) is 2.84. The van der Waals surface area contributed by atoms with E-state index in [0.717, 1.165) is 58.6 Å². The number of aromatic nitrogens is 5. The molecule has 0 saturated carbocycles. The molecule has 4 heterocycles. The Morgan fingerprint density at radius 2 is 2.11 bits per heavy atom. The van der Waals surface area contributed by atoms with Crippen molar-refractivity contribution in [1.82, 2.24) is 35.2 Å². The molecule has 0 radical (unpaired) electrons. The first-order chi connectivity index (χ1) is 13.2. The Labute approximate surface area is 162 Å². The first-order valence-electron chi connectivity index (χ1n) is 9.61.